The molecule has 0 aliphatic carbocycles. The lowest BCUT2D eigenvalue weighted by molar-refractivity contribution is -0.168. The zero-order valence-electron chi connectivity index (χ0n) is 19.0. The average molecular weight is 421 g/mol. The lowest BCUT2D eigenvalue weighted by Gasteiger charge is -2.14. The SMILES string of the molecule is CCCCCCCCCCCCCCCCCC(=O)O.CCOC(O)C(O)CO. The molecule has 2 unspecified atom stereocenters. The summed E-state index contributed by atoms with van der Waals surface area (Å²) in [7, 11) is 0. The molecule has 6 heteroatoms. The molecule has 0 spiro atoms. The van der Waals surface area contributed by atoms with Crippen LogP contribution in [-0.4, -0.2) is 52.0 Å². The zero-order chi connectivity index (χ0) is 22.2. The molecule has 0 saturated heterocycles. The van der Waals surface area contributed by atoms with E-state index >= 15 is 0 Å². The number of unbranched alkanes of at least 4 members (excludes halogenated alkanes) is 14. The Morgan fingerprint density at radius 2 is 1.10 bits per heavy atom. The number of aliphatic hydroxyl groups excluding tert-OH is 3. The largest absolute Gasteiger partial charge is 0.481 e. The second-order valence-corrected chi connectivity index (χ2v) is 7.69. The maximum atomic E-state index is 10.3. The summed E-state index contributed by atoms with van der Waals surface area (Å²) < 4.78 is 4.54. The summed E-state index contributed by atoms with van der Waals surface area (Å²) >= 11 is 0. The lowest BCUT2D eigenvalue weighted by Crippen LogP contribution is -2.31. The highest BCUT2D eigenvalue weighted by molar-refractivity contribution is 5.66. The Balaban J connectivity index is 0. The second kappa shape index (κ2) is 25.3. The van der Waals surface area contributed by atoms with E-state index in [2.05, 4.69) is 11.7 Å². The molecule has 0 bridgehead atoms. The van der Waals surface area contributed by atoms with E-state index in [9.17, 15) is 4.79 Å². The van der Waals surface area contributed by atoms with E-state index < -0.39 is 25.0 Å². The summed E-state index contributed by atoms with van der Waals surface area (Å²) in [6, 6.07) is 0. The lowest BCUT2D eigenvalue weighted by atomic mass is 10.0. The first-order valence-electron chi connectivity index (χ1n) is 11.8. The van der Waals surface area contributed by atoms with Crippen LogP contribution in [0.3, 0.4) is 0 Å². The van der Waals surface area contributed by atoms with E-state index in [4.69, 9.17) is 20.4 Å². The van der Waals surface area contributed by atoms with Crippen molar-refractivity contribution >= 4 is 5.97 Å². The predicted molar refractivity (Wildman–Crippen MR) is 118 cm³/mol. The zero-order valence-corrected chi connectivity index (χ0v) is 19.0. The first-order chi connectivity index (χ1) is 14.0. The Hall–Kier alpha value is -0.690. The highest BCUT2D eigenvalue weighted by atomic mass is 16.6. The van der Waals surface area contributed by atoms with Crippen molar-refractivity contribution in [3.8, 4) is 0 Å². The standard InChI is InChI=1S/C18H36O2.C5H12O4/c1-2-3-4-5-6-7-8-9-10-11-12-13-14-15-16-17-18(19)20;1-2-9-5(8)4(7)3-6/h2-17H2,1H3,(H,19,20);4-8H,2-3H2,1H3. The predicted octanol–water partition coefficient (Wildman–Crippen LogP) is 5.03. The van der Waals surface area contributed by atoms with Gasteiger partial charge in [-0.1, -0.05) is 96.8 Å². The van der Waals surface area contributed by atoms with Gasteiger partial charge in [-0.05, 0) is 13.3 Å². The fourth-order valence-electron chi connectivity index (χ4n) is 3.02. The Labute approximate surface area is 178 Å². The van der Waals surface area contributed by atoms with E-state index in [1.165, 1.54) is 83.5 Å². The molecule has 29 heavy (non-hydrogen) atoms. The van der Waals surface area contributed by atoms with Gasteiger partial charge in [0, 0.05) is 13.0 Å². The average Bonchev–Trinajstić information content (AvgIpc) is 2.70. The molecular weight excluding hydrogens is 372 g/mol. The number of aliphatic carboxylic acids is 1. The van der Waals surface area contributed by atoms with Crippen LogP contribution < -0.4 is 0 Å². The van der Waals surface area contributed by atoms with Crippen LogP contribution in [0.5, 0.6) is 0 Å². The van der Waals surface area contributed by atoms with Crippen LogP contribution in [0.4, 0.5) is 0 Å². The third kappa shape index (κ3) is 27.3. The number of carbonyl (C=O) groups is 1. The highest BCUT2D eigenvalue weighted by Gasteiger charge is 2.13. The minimum atomic E-state index is -1.26. The molecule has 0 aromatic rings. The number of carboxylic acids is 1. The molecular formula is C23H48O6. The Bertz CT molecular complexity index is 324. The Morgan fingerprint density at radius 3 is 1.41 bits per heavy atom. The fraction of sp³-hybridized carbons (Fsp3) is 0.957. The van der Waals surface area contributed by atoms with E-state index in [1.807, 2.05) is 0 Å². The first kappa shape index (κ1) is 30.5. The van der Waals surface area contributed by atoms with Gasteiger partial charge in [0.2, 0.25) is 0 Å². The van der Waals surface area contributed by atoms with Crippen molar-refractivity contribution in [1.29, 1.82) is 0 Å². The van der Waals surface area contributed by atoms with E-state index in [0.717, 1.165) is 12.8 Å². The number of hydrogen-bond donors (Lipinski definition) is 4. The first-order valence-corrected chi connectivity index (χ1v) is 11.8. The molecule has 4 N–H and O–H groups in total. The van der Waals surface area contributed by atoms with Gasteiger partial charge in [-0.3, -0.25) is 4.79 Å². The summed E-state index contributed by atoms with van der Waals surface area (Å²) in [6.07, 6.45) is 17.7. The number of carboxylic acid groups (broad SMARTS) is 1. The van der Waals surface area contributed by atoms with E-state index in [-0.39, 0.29) is 0 Å². The normalized spacial score (nSPS) is 12.9. The smallest absolute Gasteiger partial charge is 0.303 e. The third-order valence-electron chi connectivity index (χ3n) is 4.85. The fourth-order valence-corrected chi connectivity index (χ4v) is 3.02. The summed E-state index contributed by atoms with van der Waals surface area (Å²) in [5, 5.41) is 34.1. The van der Waals surface area contributed by atoms with Crippen LogP contribution in [0.25, 0.3) is 0 Å². The van der Waals surface area contributed by atoms with Gasteiger partial charge in [-0.2, -0.15) is 0 Å². The number of rotatable bonds is 20. The van der Waals surface area contributed by atoms with Gasteiger partial charge in [0.15, 0.2) is 6.29 Å². The molecule has 0 radical (unpaired) electrons. The van der Waals surface area contributed by atoms with E-state index in [1.54, 1.807) is 6.92 Å². The molecule has 0 aliphatic rings. The van der Waals surface area contributed by atoms with Crippen LogP contribution in [0, 0.1) is 0 Å². The molecule has 6 nitrogen and oxygen atoms in total. The van der Waals surface area contributed by atoms with Gasteiger partial charge in [0.25, 0.3) is 0 Å². The van der Waals surface area contributed by atoms with Gasteiger partial charge in [0.05, 0.1) is 6.61 Å². The molecule has 0 aromatic carbocycles. The molecule has 176 valence electrons. The minimum absolute atomic E-state index is 0.318. The summed E-state index contributed by atoms with van der Waals surface area (Å²) in [5.74, 6) is -0.653. The van der Waals surface area contributed by atoms with Crippen LogP contribution in [0.15, 0.2) is 0 Å². The molecule has 0 rings (SSSR count). The summed E-state index contributed by atoms with van der Waals surface area (Å²) in [5.41, 5.74) is 0. The van der Waals surface area contributed by atoms with Crippen LogP contribution in [0.1, 0.15) is 117 Å². The molecule has 0 amide bonds. The van der Waals surface area contributed by atoms with Crippen LogP contribution in [0.2, 0.25) is 0 Å². The van der Waals surface area contributed by atoms with E-state index in [0.29, 0.717) is 13.0 Å². The molecule has 0 saturated carbocycles. The van der Waals surface area contributed by atoms with Gasteiger partial charge in [-0.25, -0.2) is 0 Å². The molecule has 0 aliphatic heterocycles. The van der Waals surface area contributed by atoms with Crippen molar-refractivity contribution in [2.24, 2.45) is 0 Å². The van der Waals surface area contributed by atoms with Crippen LogP contribution in [-0.2, 0) is 9.53 Å². The maximum Gasteiger partial charge on any atom is 0.303 e. The number of hydrogen-bond acceptors (Lipinski definition) is 5. The summed E-state index contributed by atoms with van der Waals surface area (Å²) in [6.45, 7) is 3.79. The second-order valence-electron chi connectivity index (χ2n) is 7.69. The van der Waals surface area contributed by atoms with Crippen molar-refractivity contribution in [1.82, 2.24) is 0 Å². The Morgan fingerprint density at radius 1 is 0.724 bits per heavy atom. The molecule has 0 heterocycles. The Kier molecular flexibility index (Phi) is 26.7. The topological polar surface area (TPSA) is 107 Å². The van der Waals surface area contributed by atoms with Crippen molar-refractivity contribution < 1.29 is 30.0 Å². The van der Waals surface area contributed by atoms with Gasteiger partial charge in [0.1, 0.15) is 6.10 Å². The minimum Gasteiger partial charge on any atom is -0.481 e. The summed E-state index contributed by atoms with van der Waals surface area (Å²) in [4.78, 5) is 10.3. The number of ether oxygens (including phenoxy) is 1. The van der Waals surface area contributed by atoms with Crippen LogP contribution >= 0.6 is 0 Å². The third-order valence-corrected chi connectivity index (χ3v) is 4.85. The quantitative estimate of drug-likeness (QED) is 0.163. The van der Waals surface area contributed by atoms with Crippen molar-refractivity contribution in [2.45, 2.75) is 129 Å². The monoisotopic (exact) mass is 420 g/mol. The number of aliphatic hydroxyl groups is 3. The molecule has 0 aromatic heterocycles. The molecule has 2 atom stereocenters. The van der Waals surface area contributed by atoms with Gasteiger partial charge >= 0.3 is 5.97 Å². The van der Waals surface area contributed by atoms with Gasteiger partial charge in [-0.15, -0.1) is 0 Å². The van der Waals surface area contributed by atoms with Crippen molar-refractivity contribution in [3.05, 3.63) is 0 Å². The highest BCUT2D eigenvalue weighted by Crippen LogP contribution is 2.13. The van der Waals surface area contributed by atoms with Gasteiger partial charge < -0.3 is 25.2 Å². The van der Waals surface area contributed by atoms with Crippen molar-refractivity contribution in [3.63, 3.8) is 0 Å². The van der Waals surface area contributed by atoms with Crippen molar-refractivity contribution in [2.75, 3.05) is 13.2 Å². The molecule has 0 fully saturated rings. The maximum absolute atomic E-state index is 10.3.